The number of aliphatic carboxylic acids is 1. The van der Waals surface area contributed by atoms with E-state index in [9.17, 15) is 20.1 Å². The average Bonchev–Trinajstić information content (AvgIpc) is 2.97. The molecule has 4 saturated carbocycles. The van der Waals surface area contributed by atoms with Gasteiger partial charge in [0, 0.05) is 6.42 Å². The van der Waals surface area contributed by atoms with Crippen LogP contribution in [0.25, 0.3) is 0 Å². The molecule has 4 aliphatic carbocycles. The van der Waals surface area contributed by atoms with Gasteiger partial charge in [0.15, 0.2) is 0 Å². The molecule has 0 aromatic rings. The summed E-state index contributed by atoms with van der Waals surface area (Å²) in [4.78, 5) is 11.8. The van der Waals surface area contributed by atoms with E-state index in [1.807, 2.05) is 0 Å². The van der Waals surface area contributed by atoms with E-state index in [1.165, 1.54) is 19.3 Å². The van der Waals surface area contributed by atoms with Gasteiger partial charge in [0.25, 0.3) is 0 Å². The van der Waals surface area contributed by atoms with E-state index in [0.717, 1.165) is 51.4 Å². The Balaban J connectivity index is 1.55. The molecule has 0 amide bonds. The molecular formula is C28H48O4. The average molecular weight is 449 g/mol. The van der Waals surface area contributed by atoms with Gasteiger partial charge in [-0.15, -0.1) is 0 Å². The monoisotopic (exact) mass is 448 g/mol. The molecule has 3 N–H and O–H groups in total. The zero-order valence-corrected chi connectivity index (χ0v) is 20.9. The van der Waals surface area contributed by atoms with Crippen LogP contribution in [0.3, 0.4) is 0 Å². The minimum Gasteiger partial charge on any atom is -0.481 e. The smallest absolute Gasteiger partial charge is 0.303 e. The lowest BCUT2D eigenvalue weighted by Crippen LogP contribution is -2.54. The summed E-state index contributed by atoms with van der Waals surface area (Å²) >= 11 is 0. The van der Waals surface area contributed by atoms with Crippen LogP contribution in [0, 0.1) is 52.3 Å². The van der Waals surface area contributed by atoms with Gasteiger partial charge in [-0.3, -0.25) is 4.79 Å². The number of hydrogen-bond acceptors (Lipinski definition) is 3. The van der Waals surface area contributed by atoms with Gasteiger partial charge in [0.1, 0.15) is 0 Å². The summed E-state index contributed by atoms with van der Waals surface area (Å²) in [6, 6.07) is 0. The van der Waals surface area contributed by atoms with Crippen LogP contribution in [0.4, 0.5) is 0 Å². The molecule has 0 aliphatic heterocycles. The van der Waals surface area contributed by atoms with Crippen LogP contribution < -0.4 is 0 Å². The van der Waals surface area contributed by atoms with E-state index in [2.05, 4.69) is 27.7 Å². The molecule has 0 radical (unpaired) electrons. The third-order valence-electron chi connectivity index (χ3n) is 11.0. The Bertz CT molecular complexity index is 676. The van der Waals surface area contributed by atoms with Crippen LogP contribution >= 0.6 is 0 Å². The molecule has 4 rings (SSSR count). The van der Waals surface area contributed by atoms with Gasteiger partial charge >= 0.3 is 5.97 Å². The topological polar surface area (TPSA) is 77.8 Å². The number of aliphatic hydroxyl groups is 2. The maximum atomic E-state index is 11.8. The van der Waals surface area contributed by atoms with Gasteiger partial charge in [-0.05, 0) is 110 Å². The van der Waals surface area contributed by atoms with E-state index in [4.69, 9.17) is 0 Å². The fraction of sp³-hybridized carbons (Fsp3) is 0.964. The van der Waals surface area contributed by atoms with Crippen molar-refractivity contribution < 1.29 is 20.1 Å². The molecule has 4 fully saturated rings. The molecule has 10 atom stereocenters. The Kier molecular flexibility index (Phi) is 7.05. The fourth-order valence-corrected chi connectivity index (χ4v) is 9.56. The van der Waals surface area contributed by atoms with Crippen LogP contribution in [0.1, 0.15) is 105 Å². The number of carbonyl (C=O) groups is 1. The molecule has 0 heterocycles. The third kappa shape index (κ3) is 4.28. The van der Waals surface area contributed by atoms with Crippen molar-refractivity contribution in [2.75, 3.05) is 0 Å². The molecule has 0 aromatic heterocycles. The molecule has 32 heavy (non-hydrogen) atoms. The van der Waals surface area contributed by atoms with Crippen LogP contribution in [-0.2, 0) is 4.79 Å². The van der Waals surface area contributed by atoms with Crippen LogP contribution in [0.15, 0.2) is 0 Å². The lowest BCUT2D eigenvalue weighted by molar-refractivity contribution is -0.142. The Morgan fingerprint density at radius 1 is 0.938 bits per heavy atom. The van der Waals surface area contributed by atoms with Crippen molar-refractivity contribution in [3.8, 4) is 0 Å². The molecule has 0 bridgehead atoms. The van der Waals surface area contributed by atoms with E-state index >= 15 is 0 Å². The quantitative estimate of drug-likeness (QED) is 0.453. The lowest BCUT2D eigenvalue weighted by atomic mass is 9.44. The van der Waals surface area contributed by atoms with Gasteiger partial charge in [0.05, 0.1) is 12.2 Å². The molecule has 4 heteroatoms. The summed E-state index contributed by atoms with van der Waals surface area (Å²) in [5.41, 5.74) is 0.403. The Morgan fingerprint density at radius 2 is 1.66 bits per heavy atom. The van der Waals surface area contributed by atoms with Crippen molar-refractivity contribution in [3.63, 3.8) is 0 Å². The van der Waals surface area contributed by atoms with Crippen LogP contribution in [-0.4, -0.2) is 33.5 Å². The number of rotatable bonds is 7. The summed E-state index contributed by atoms with van der Waals surface area (Å²) < 4.78 is 0. The second-order valence-corrected chi connectivity index (χ2v) is 13.1. The zero-order chi connectivity index (χ0) is 23.3. The molecule has 0 aromatic carbocycles. The predicted molar refractivity (Wildman–Crippen MR) is 127 cm³/mol. The molecular weight excluding hydrogens is 400 g/mol. The van der Waals surface area contributed by atoms with E-state index in [1.54, 1.807) is 0 Å². The highest BCUT2D eigenvalue weighted by Gasteiger charge is 2.63. The number of aliphatic hydroxyl groups excluding tert-OH is 2. The van der Waals surface area contributed by atoms with Crippen LogP contribution in [0.2, 0.25) is 0 Å². The first-order chi connectivity index (χ1) is 15.1. The van der Waals surface area contributed by atoms with Crippen molar-refractivity contribution in [1.29, 1.82) is 0 Å². The largest absolute Gasteiger partial charge is 0.481 e. The summed E-state index contributed by atoms with van der Waals surface area (Å²) in [5.74, 6) is 2.67. The van der Waals surface area contributed by atoms with Crippen LogP contribution in [0.5, 0.6) is 0 Å². The Labute approximate surface area is 195 Å². The second-order valence-electron chi connectivity index (χ2n) is 13.1. The minimum absolute atomic E-state index is 0.0654. The summed E-state index contributed by atoms with van der Waals surface area (Å²) in [5, 5.41) is 31.3. The van der Waals surface area contributed by atoms with Gasteiger partial charge < -0.3 is 15.3 Å². The van der Waals surface area contributed by atoms with Gasteiger partial charge in [-0.2, -0.15) is 0 Å². The highest BCUT2D eigenvalue weighted by atomic mass is 16.4. The zero-order valence-electron chi connectivity index (χ0n) is 20.9. The third-order valence-corrected chi connectivity index (χ3v) is 11.0. The van der Waals surface area contributed by atoms with Crippen molar-refractivity contribution in [3.05, 3.63) is 0 Å². The highest BCUT2D eigenvalue weighted by molar-refractivity contribution is 5.67. The first-order valence-electron chi connectivity index (χ1n) is 13.6. The Morgan fingerprint density at radius 3 is 2.34 bits per heavy atom. The minimum atomic E-state index is -0.707. The van der Waals surface area contributed by atoms with Crippen molar-refractivity contribution in [2.45, 2.75) is 117 Å². The van der Waals surface area contributed by atoms with Crippen molar-refractivity contribution >= 4 is 5.97 Å². The number of fused-ring (bicyclic) bond motifs is 5. The fourth-order valence-electron chi connectivity index (χ4n) is 9.56. The maximum absolute atomic E-state index is 11.8. The van der Waals surface area contributed by atoms with E-state index in [0.29, 0.717) is 35.0 Å². The molecule has 4 aliphatic rings. The molecule has 184 valence electrons. The number of hydrogen-bond donors (Lipinski definition) is 3. The van der Waals surface area contributed by atoms with Gasteiger partial charge in [-0.25, -0.2) is 0 Å². The molecule has 0 spiro atoms. The van der Waals surface area contributed by atoms with Gasteiger partial charge in [-0.1, -0.05) is 40.5 Å². The number of carboxylic acid groups (broad SMARTS) is 1. The lowest BCUT2D eigenvalue weighted by Gasteiger charge is -2.61. The normalized spacial score (nSPS) is 46.9. The van der Waals surface area contributed by atoms with Crippen molar-refractivity contribution in [2.24, 2.45) is 52.3 Å². The summed E-state index contributed by atoms with van der Waals surface area (Å²) in [7, 11) is 0. The standard InChI is InChI=1S/C28H48O4/c1-17(2)6-5-7-18(14-25(31)32)26-24(30)16-23-21-9-8-19-15-20(29)10-12-27(19,3)22(21)11-13-28(23,26)4/h17-24,26,29-30H,5-16H2,1-4H3,(H,31,32)/t18-,19-,20-,21+,22-,23-,24+,26-,27-,28-/m0/s1. The highest BCUT2D eigenvalue weighted by Crippen LogP contribution is 2.68. The number of carboxylic acids is 1. The SMILES string of the molecule is CC(C)CCC[C@@H](CC(=O)O)[C@H]1[C@H](O)C[C@H]2[C@@H]3CC[C@H]4C[C@@H](O)CC[C@]4(C)[C@H]3CC[C@]12C. The van der Waals surface area contributed by atoms with E-state index < -0.39 is 5.97 Å². The molecule has 0 saturated heterocycles. The van der Waals surface area contributed by atoms with E-state index in [-0.39, 0.29) is 35.9 Å². The molecule has 0 unspecified atom stereocenters. The maximum Gasteiger partial charge on any atom is 0.303 e. The second kappa shape index (κ2) is 9.21. The Hall–Kier alpha value is -0.610. The summed E-state index contributed by atoms with van der Waals surface area (Å²) in [6.45, 7) is 9.38. The van der Waals surface area contributed by atoms with Gasteiger partial charge in [0.2, 0.25) is 0 Å². The first-order valence-corrected chi connectivity index (χ1v) is 13.6. The molecule has 4 nitrogen and oxygen atoms in total. The first kappa shape index (κ1) is 24.5. The van der Waals surface area contributed by atoms with Crippen molar-refractivity contribution in [1.82, 2.24) is 0 Å². The summed E-state index contributed by atoms with van der Waals surface area (Å²) in [6.07, 6.45) is 11.6. The predicted octanol–water partition coefficient (Wildman–Crippen LogP) is 5.89.